The second-order valence-electron chi connectivity index (χ2n) is 6.70. The number of rotatable bonds is 8. The normalized spacial score (nSPS) is 15.9. The van der Waals surface area contributed by atoms with Crippen molar-refractivity contribution in [2.45, 2.75) is 6.10 Å². The summed E-state index contributed by atoms with van der Waals surface area (Å²) in [6.45, 7) is 3.56. The van der Waals surface area contributed by atoms with Crippen LogP contribution in [0.4, 0.5) is 10.1 Å². The lowest BCUT2D eigenvalue weighted by Gasteiger charge is -2.37. The Labute approximate surface area is 165 Å². The number of anilines is 1. The zero-order valence-corrected chi connectivity index (χ0v) is 16.3. The van der Waals surface area contributed by atoms with Gasteiger partial charge >= 0.3 is 0 Å². The van der Waals surface area contributed by atoms with Crippen molar-refractivity contribution in [1.29, 1.82) is 0 Å². The van der Waals surface area contributed by atoms with E-state index < -0.39 is 6.10 Å². The van der Waals surface area contributed by atoms with Gasteiger partial charge in [-0.25, -0.2) is 4.39 Å². The van der Waals surface area contributed by atoms with Crippen molar-refractivity contribution >= 4 is 5.69 Å². The van der Waals surface area contributed by atoms with E-state index in [0.717, 1.165) is 26.2 Å². The molecule has 3 rings (SSSR count). The smallest absolute Gasteiger partial charge is 0.203 e. The van der Waals surface area contributed by atoms with Crippen LogP contribution in [-0.4, -0.2) is 69.7 Å². The molecule has 1 aliphatic heterocycles. The van der Waals surface area contributed by atoms with Crippen LogP contribution in [-0.2, 0) is 0 Å². The van der Waals surface area contributed by atoms with Gasteiger partial charge in [0, 0.05) is 32.7 Å². The van der Waals surface area contributed by atoms with Crippen LogP contribution < -0.4 is 19.1 Å². The Morgan fingerprint density at radius 2 is 1.61 bits per heavy atom. The minimum absolute atomic E-state index is 0.129. The number of nitrogens with zero attached hydrogens (tertiary/aromatic N) is 2. The fraction of sp³-hybridized carbons (Fsp3) is 0.429. The van der Waals surface area contributed by atoms with Crippen LogP contribution in [0.25, 0.3) is 0 Å². The Hall–Kier alpha value is -2.51. The van der Waals surface area contributed by atoms with Gasteiger partial charge in [-0.2, -0.15) is 0 Å². The minimum Gasteiger partial charge on any atom is -0.493 e. The first-order valence-electron chi connectivity index (χ1n) is 9.36. The van der Waals surface area contributed by atoms with E-state index in [1.807, 2.05) is 17.0 Å². The van der Waals surface area contributed by atoms with Crippen LogP contribution >= 0.6 is 0 Å². The third kappa shape index (κ3) is 4.85. The van der Waals surface area contributed by atoms with Crippen molar-refractivity contribution in [3.63, 3.8) is 0 Å². The maximum Gasteiger partial charge on any atom is 0.203 e. The van der Waals surface area contributed by atoms with Gasteiger partial charge in [-0.05, 0) is 24.3 Å². The van der Waals surface area contributed by atoms with E-state index in [9.17, 15) is 9.50 Å². The van der Waals surface area contributed by atoms with Gasteiger partial charge in [-0.3, -0.25) is 4.90 Å². The molecule has 1 heterocycles. The highest BCUT2D eigenvalue weighted by molar-refractivity contribution is 5.51. The van der Waals surface area contributed by atoms with Crippen LogP contribution in [0.3, 0.4) is 0 Å². The van der Waals surface area contributed by atoms with Crippen molar-refractivity contribution in [3.05, 3.63) is 48.3 Å². The van der Waals surface area contributed by atoms with Crippen molar-refractivity contribution in [3.8, 4) is 17.2 Å². The van der Waals surface area contributed by atoms with E-state index in [-0.39, 0.29) is 12.4 Å². The summed E-state index contributed by atoms with van der Waals surface area (Å²) in [5, 5.41) is 10.4. The second kappa shape index (κ2) is 9.61. The highest BCUT2D eigenvalue weighted by Gasteiger charge is 2.22. The summed E-state index contributed by atoms with van der Waals surface area (Å²) in [6, 6.07) is 12.2. The molecule has 6 nitrogen and oxygen atoms in total. The van der Waals surface area contributed by atoms with Crippen LogP contribution in [0.2, 0.25) is 0 Å². The number of para-hydroxylation sites is 2. The molecule has 0 amide bonds. The standard InChI is InChI=1S/C21H27FN2O4/c1-26-19-8-5-9-20(27-2)21(19)28-15-16(25)14-23-10-12-24(13-11-23)18-7-4-3-6-17(18)22/h3-9,16,25H,10-15H2,1-2H3. The third-order valence-electron chi connectivity index (χ3n) is 4.84. The van der Waals surface area contributed by atoms with E-state index in [2.05, 4.69) is 4.90 Å². The lowest BCUT2D eigenvalue weighted by atomic mass is 10.2. The van der Waals surface area contributed by atoms with Crippen LogP contribution in [0.5, 0.6) is 17.2 Å². The number of benzene rings is 2. The third-order valence-corrected chi connectivity index (χ3v) is 4.84. The van der Waals surface area contributed by atoms with Crippen LogP contribution in [0, 0.1) is 5.82 Å². The van der Waals surface area contributed by atoms with Gasteiger partial charge in [0.05, 0.1) is 19.9 Å². The number of methoxy groups -OCH3 is 2. The van der Waals surface area contributed by atoms with Crippen LogP contribution in [0.1, 0.15) is 0 Å². The van der Waals surface area contributed by atoms with Gasteiger partial charge in [-0.1, -0.05) is 18.2 Å². The summed E-state index contributed by atoms with van der Waals surface area (Å²) in [5.74, 6) is 1.40. The quantitative estimate of drug-likeness (QED) is 0.747. The fourth-order valence-electron chi connectivity index (χ4n) is 3.37. The van der Waals surface area contributed by atoms with Crippen LogP contribution in [0.15, 0.2) is 42.5 Å². The highest BCUT2D eigenvalue weighted by Crippen LogP contribution is 2.36. The summed E-state index contributed by atoms with van der Waals surface area (Å²) in [4.78, 5) is 4.19. The second-order valence-corrected chi connectivity index (χ2v) is 6.70. The Morgan fingerprint density at radius 1 is 0.964 bits per heavy atom. The molecule has 1 aliphatic rings. The number of hydrogen-bond acceptors (Lipinski definition) is 6. The van der Waals surface area contributed by atoms with E-state index in [1.165, 1.54) is 6.07 Å². The molecule has 0 radical (unpaired) electrons. The molecule has 1 N–H and O–H groups in total. The van der Waals surface area contributed by atoms with Gasteiger partial charge in [0.1, 0.15) is 18.5 Å². The molecule has 0 aliphatic carbocycles. The summed E-state index contributed by atoms with van der Waals surface area (Å²) < 4.78 is 30.3. The number of ether oxygens (including phenoxy) is 3. The molecule has 2 aromatic carbocycles. The Bertz CT molecular complexity index is 744. The van der Waals surface area contributed by atoms with E-state index in [1.54, 1.807) is 38.5 Å². The number of aliphatic hydroxyl groups excluding tert-OH is 1. The van der Waals surface area contributed by atoms with Gasteiger partial charge < -0.3 is 24.2 Å². The number of β-amino-alcohol motifs (C(OH)–C–C–N with tert-alkyl or cyclic N) is 1. The fourth-order valence-corrected chi connectivity index (χ4v) is 3.37. The number of halogens is 1. The molecule has 1 fully saturated rings. The molecule has 1 saturated heterocycles. The SMILES string of the molecule is COc1cccc(OC)c1OCC(O)CN1CCN(c2ccccc2F)CC1. The predicted molar refractivity (Wildman–Crippen MR) is 106 cm³/mol. The zero-order chi connectivity index (χ0) is 19.9. The van der Waals surface area contributed by atoms with E-state index >= 15 is 0 Å². The topological polar surface area (TPSA) is 54.4 Å². The molecular formula is C21H27FN2O4. The zero-order valence-electron chi connectivity index (χ0n) is 16.3. The summed E-state index contributed by atoms with van der Waals surface area (Å²) in [6.07, 6.45) is -0.658. The average Bonchev–Trinajstić information content (AvgIpc) is 2.73. The molecule has 0 bridgehead atoms. The highest BCUT2D eigenvalue weighted by atomic mass is 19.1. The molecular weight excluding hydrogens is 363 g/mol. The Balaban J connectivity index is 1.49. The van der Waals surface area contributed by atoms with Crippen molar-refractivity contribution in [1.82, 2.24) is 4.90 Å². The van der Waals surface area contributed by atoms with E-state index in [0.29, 0.717) is 29.5 Å². The largest absolute Gasteiger partial charge is 0.493 e. The van der Waals surface area contributed by atoms with Gasteiger partial charge in [0.25, 0.3) is 0 Å². The lowest BCUT2D eigenvalue weighted by molar-refractivity contribution is 0.0642. The monoisotopic (exact) mass is 390 g/mol. The molecule has 1 atom stereocenters. The number of hydrogen-bond donors (Lipinski definition) is 1. The first-order valence-corrected chi connectivity index (χ1v) is 9.36. The number of piperazine rings is 1. The first-order chi connectivity index (χ1) is 13.6. The molecule has 0 aromatic heterocycles. The van der Waals surface area contributed by atoms with Crippen molar-refractivity contribution < 1.29 is 23.7 Å². The van der Waals surface area contributed by atoms with E-state index in [4.69, 9.17) is 14.2 Å². The summed E-state index contributed by atoms with van der Waals surface area (Å²) in [7, 11) is 3.13. The molecule has 0 spiro atoms. The van der Waals surface area contributed by atoms with Crippen molar-refractivity contribution in [2.75, 3.05) is 58.5 Å². The van der Waals surface area contributed by atoms with Gasteiger partial charge in [-0.15, -0.1) is 0 Å². The molecule has 2 aromatic rings. The molecule has 7 heteroatoms. The molecule has 0 saturated carbocycles. The first kappa shape index (κ1) is 20.2. The van der Waals surface area contributed by atoms with Gasteiger partial charge in [0.15, 0.2) is 11.5 Å². The Kier molecular flexibility index (Phi) is 6.95. The molecule has 152 valence electrons. The molecule has 28 heavy (non-hydrogen) atoms. The summed E-state index contributed by atoms with van der Waals surface area (Å²) >= 11 is 0. The maximum absolute atomic E-state index is 13.9. The van der Waals surface area contributed by atoms with Crippen molar-refractivity contribution in [2.24, 2.45) is 0 Å². The Morgan fingerprint density at radius 3 is 2.21 bits per heavy atom. The van der Waals surface area contributed by atoms with Gasteiger partial charge in [0.2, 0.25) is 5.75 Å². The predicted octanol–water partition coefficient (Wildman–Crippen LogP) is 2.40. The lowest BCUT2D eigenvalue weighted by Crippen LogP contribution is -2.49. The molecule has 1 unspecified atom stereocenters. The maximum atomic E-state index is 13.9. The number of aliphatic hydroxyl groups is 1. The summed E-state index contributed by atoms with van der Waals surface area (Å²) in [5.41, 5.74) is 0.634. The average molecular weight is 390 g/mol. The minimum atomic E-state index is -0.658.